The second kappa shape index (κ2) is 11.5. The van der Waals surface area contributed by atoms with Gasteiger partial charge in [-0.2, -0.15) is 21.8 Å². The number of fused-ring (bicyclic) bond motifs is 1. The largest absolute Gasteiger partial charge is 0.184 e. The monoisotopic (exact) mass is 472 g/mol. The second-order valence-corrected chi connectivity index (χ2v) is 13.0. The Bertz CT molecular complexity index is 921. The third-order valence-electron chi connectivity index (χ3n) is 6.06. The van der Waals surface area contributed by atoms with Crippen molar-refractivity contribution in [2.24, 2.45) is 0 Å². The first kappa shape index (κ1) is 22.9. The Labute approximate surface area is 197 Å². The van der Waals surface area contributed by atoms with E-state index in [0.717, 1.165) is 5.52 Å². The van der Waals surface area contributed by atoms with Crippen LogP contribution in [0.4, 0.5) is 0 Å². The highest BCUT2D eigenvalue weighted by atomic mass is 32.2. The maximum Gasteiger partial charge on any atom is 0.119 e. The highest BCUT2D eigenvalue weighted by Gasteiger charge is 2.19. The second-order valence-electron chi connectivity index (χ2n) is 8.53. The average molecular weight is 473 g/mol. The zero-order chi connectivity index (χ0) is 21.5. The van der Waals surface area contributed by atoms with Gasteiger partial charge >= 0.3 is 0 Å². The summed E-state index contributed by atoms with van der Waals surface area (Å²) in [7, 11) is -0.750. The predicted octanol–water partition coefficient (Wildman–Crippen LogP) is 9.17. The van der Waals surface area contributed by atoms with Crippen LogP contribution >= 0.6 is 33.3 Å². The smallest absolute Gasteiger partial charge is 0.119 e. The lowest BCUT2D eigenvalue weighted by Gasteiger charge is -2.16. The van der Waals surface area contributed by atoms with Crippen molar-refractivity contribution >= 4 is 43.5 Å². The molecule has 0 N–H and O–H groups in total. The van der Waals surface area contributed by atoms with Gasteiger partial charge in [-0.1, -0.05) is 69.0 Å². The van der Waals surface area contributed by atoms with Gasteiger partial charge in [-0.15, -0.1) is 5.10 Å². The first-order chi connectivity index (χ1) is 15.3. The SMILES string of the molecule is CCCCCCC1=C[SH](c2ccc([SH]3C=CC(CCCCCC)=C3)c3snnc23)C=C1. The van der Waals surface area contributed by atoms with Gasteiger partial charge in [0.05, 0.1) is 4.70 Å². The fourth-order valence-electron chi connectivity index (χ4n) is 4.24. The molecule has 2 atom stereocenters. The fraction of sp³-hybridized carbons (Fsp3) is 0.462. The number of hydrogen-bond donors (Lipinski definition) is 2. The van der Waals surface area contributed by atoms with Crippen molar-refractivity contribution in [3.05, 3.63) is 57.1 Å². The van der Waals surface area contributed by atoms with Crippen molar-refractivity contribution in [2.75, 3.05) is 0 Å². The van der Waals surface area contributed by atoms with Gasteiger partial charge in [0.1, 0.15) is 5.52 Å². The molecule has 0 amide bonds. The minimum absolute atomic E-state index is 0.362. The molecule has 5 heteroatoms. The van der Waals surface area contributed by atoms with Crippen LogP contribution in [0.5, 0.6) is 0 Å². The average Bonchev–Trinajstić information content (AvgIpc) is 3.54. The molecule has 31 heavy (non-hydrogen) atoms. The molecule has 4 rings (SSSR count). The minimum Gasteiger partial charge on any atom is -0.184 e. The van der Waals surface area contributed by atoms with Crippen molar-refractivity contribution < 1.29 is 0 Å². The molecule has 0 spiro atoms. The van der Waals surface area contributed by atoms with Crippen LogP contribution in [-0.2, 0) is 0 Å². The van der Waals surface area contributed by atoms with Gasteiger partial charge in [0.2, 0.25) is 0 Å². The number of aromatic nitrogens is 2. The molecule has 0 aliphatic carbocycles. The molecule has 0 saturated heterocycles. The first-order valence-corrected chi connectivity index (χ1v) is 15.6. The molecule has 3 heterocycles. The van der Waals surface area contributed by atoms with Crippen LogP contribution < -0.4 is 0 Å². The van der Waals surface area contributed by atoms with E-state index in [2.05, 4.69) is 69.4 Å². The summed E-state index contributed by atoms with van der Waals surface area (Å²) in [5, 5.41) is 14.4. The first-order valence-electron chi connectivity index (χ1n) is 11.9. The van der Waals surface area contributed by atoms with Crippen LogP contribution in [0.2, 0.25) is 0 Å². The van der Waals surface area contributed by atoms with Gasteiger partial charge in [-0.05, 0) is 82.1 Å². The maximum absolute atomic E-state index is 4.58. The Morgan fingerprint density at radius 2 is 1.32 bits per heavy atom. The van der Waals surface area contributed by atoms with E-state index in [1.165, 1.54) is 89.8 Å². The molecular weight excluding hydrogens is 437 g/mol. The van der Waals surface area contributed by atoms with Crippen LogP contribution in [0.3, 0.4) is 0 Å². The van der Waals surface area contributed by atoms with Gasteiger partial charge in [0, 0.05) is 9.79 Å². The van der Waals surface area contributed by atoms with E-state index < -0.39 is 0 Å². The summed E-state index contributed by atoms with van der Waals surface area (Å²) < 4.78 is 5.67. The Hall–Kier alpha value is -1.30. The van der Waals surface area contributed by atoms with Gasteiger partial charge in [-0.25, -0.2) is 0 Å². The van der Waals surface area contributed by atoms with Crippen molar-refractivity contribution in [2.45, 2.75) is 87.8 Å². The van der Waals surface area contributed by atoms with Crippen LogP contribution in [0, 0.1) is 0 Å². The lowest BCUT2D eigenvalue weighted by atomic mass is 10.1. The summed E-state index contributed by atoms with van der Waals surface area (Å²) in [6.45, 7) is 4.55. The van der Waals surface area contributed by atoms with Crippen LogP contribution in [0.15, 0.2) is 66.9 Å². The van der Waals surface area contributed by atoms with E-state index in [0.29, 0.717) is 0 Å². The predicted molar refractivity (Wildman–Crippen MR) is 144 cm³/mol. The van der Waals surface area contributed by atoms with E-state index >= 15 is 0 Å². The number of rotatable bonds is 12. The van der Waals surface area contributed by atoms with E-state index in [1.54, 1.807) is 11.5 Å². The molecule has 168 valence electrons. The molecule has 1 aromatic carbocycles. The van der Waals surface area contributed by atoms with Crippen LogP contribution in [0.1, 0.15) is 78.1 Å². The normalized spacial score (nSPS) is 22.4. The van der Waals surface area contributed by atoms with Gasteiger partial charge in [-0.3, -0.25) is 0 Å². The zero-order valence-corrected chi connectivity index (χ0v) is 21.5. The molecular formula is C26H36N2S3. The molecule has 2 aliphatic heterocycles. The van der Waals surface area contributed by atoms with E-state index in [9.17, 15) is 0 Å². The Balaban J connectivity index is 1.46. The summed E-state index contributed by atoms with van der Waals surface area (Å²) in [6, 6.07) is 4.71. The third kappa shape index (κ3) is 5.74. The van der Waals surface area contributed by atoms with E-state index in [-0.39, 0.29) is 21.8 Å². The molecule has 2 nitrogen and oxygen atoms in total. The summed E-state index contributed by atoms with van der Waals surface area (Å²) in [5.41, 5.74) is 4.18. The minimum atomic E-state index is -0.388. The highest BCUT2D eigenvalue weighted by molar-refractivity contribution is 8.23. The number of allylic oxidation sites excluding steroid dienone is 4. The van der Waals surface area contributed by atoms with E-state index in [4.69, 9.17) is 0 Å². The van der Waals surface area contributed by atoms with Crippen molar-refractivity contribution in [3.63, 3.8) is 0 Å². The van der Waals surface area contributed by atoms with Gasteiger partial charge < -0.3 is 0 Å². The molecule has 0 saturated carbocycles. The lowest BCUT2D eigenvalue weighted by Crippen LogP contribution is -1.84. The number of nitrogens with zero attached hydrogens (tertiary/aromatic N) is 2. The molecule has 2 aromatic rings. The maximum atomic E-state index is 4.58. The highest BCUT2D eigenvalue weighted by Crippen LogP contribution is 2.53. The number of hydrogen-bond acceptors (Lipinski definition) is 3. The molecule has 0 radical (unpaired) electrons. The Morgan fingerprint density at radius 1 is 0.742 bits per heavy atom. The Kier molecular flexibility index (Phi) is 8.51. The standard InChI is InChI=1S/C26H36N2S3/c1-3-5-7-9-11-21-15-17-30(19-21)23-13-14-24(26-25(23)27-28-29-26)31-18-16-22(20-31)12-10-8-6-4-2/h13-20,30-31H,3-12H2,1-2H3. The molecule has 0 bridgehead atoms. The summed E-state index contributed by atoms with van der Waals surface area (Å²) >= 11 is 1.58. The lowest BCUT2D eigenvalue weighted by molar-refractivity contribution is 0.668. The molecule has 2 aliphatic rings. The van der Waals surface area contributed by atoms with Crippen LogP contribution in [-0.4, -0.2) is 9.59 Å². The number of benzene rings is 1. The molecule has 1 aromatic heterocycles. The summed E-state index contributed by atoms with van der Waals surface area (Å²) in [6.07, 6.45) is 17.8. The number of unbranched alkanes of at least 4 members (excludes halogenated alkanes) is 6. The van der Waals surface area contributed by atoms with Crippen molar-refractivity contribution in [1.29, 1.82) is 0 Å². The van der Waals surface area contributed by atoms with E-state index in [1.807, 2.05) is 0 Å². The summed E-state index contributed by atoms with van der Waals surface area (Å²) in [4.78, 5) is 2.81. The van der Waals surface area contributed by atoms with Crippen molar-refractivity contribution in [3.8, 4) is 0 Å². The molecule has 2 unspecified atom stereocenters. The topological polar surface area (TPSA) is 25.8 Å². The van der Waals surface area contributed by atoms with Gasteiger partial charge in [0.15, 0.2) is 0 Å². The van der Waals surface area contributed by atoms with Gasteiger partial charge in [0.25, 0.3) is 0 Å². The number of thiol groups is 2. The van der Waals surface area contributed by atoms with Crippen molar-refractivity contribution in [1.82, 2.24) is 9.59 Å². The third-order valence-corrected chi connectivity index (χ3v) is 11.0. The Morgan fingerprint density at radius 3 is 1.94 bits per heavy atom. The fourth-order valence-corrected chi connectivity index (χ4v) is 9.21. The zero-order valence-electron chi connectivity index (χ0n) is 18.9. The molecule has 0 fully saturated rings. The summed E-state index contributed by atoms with van der Waals surface area (Å²) in [5.74, 6) is 0. The van der Waals surface area contributed by atoms with Crippen LogP contribution in [0.25, 0.3) is 10.2 Å². The quantitative estimate of drug-likeness (QED) is 0.238.